The second-order valence-electron chi connectivity index (χ2n) is 16.9. The Balaban J connectivity index is 1.02. The van der Waals surface area contributed by atoms with E-state index in [0.29, 0.717) is 70.9 Å². The fraction of sp³-hybridized carbons (Fsp3) is 0.556. The van der Waals surface area contributed by atoms with E-state index in [1.54, 1.807) is 34.6 Å². The van der Waals surface area contributed by atoms with Gasteiger partial charge in [-0.2, -0.15) is 0 Å². The maximum Gasteiger partial charge on any atom is 0.407 e. The molecule has 0 aliphatic carbocycles. The van der Waals surface area contributed by atoms with Crippen molar-refractivity contribution < 1.29 is 38.1 Å². The standard InChI is InChI=1S/C45H58N8O8S2/c1-7-9-32(52(4)42(54)36(50-44(56)58-5)26-11-16-60-17-12-26)40-46-22-30(48-40)34-20-28-24(2)39-29(25(3)38(28)62-34)21-35(63-39)31-23-47-41(49-31)33-10-8-15-53(33)43(55)37(51-45(57)59-6)27-13-18-61-19-14-27/h20-23,26-27,32-33,36-37H,7-19H2,1-6H3,(H,46,48)(H,47,49)(H,50,56)(H,51,57)/t32-,33-,36-,37-/m0/s1. The average molecular weight is 903 g/mol. The molecule has 5 aromatic rings. The van der Waals surface area contributed by atoms with Gasteiger partial charge in [-0.15, -0.1) is 22.7 Å². The maximum atomic E-state index is 14.1. The number of likely N-dealkylation sites (N-methyl/N-ethyl adjacent to an activating group) is 1. The number of aromatic amines is 2. The van der Waals surface area contributed by atoms with Crippen LogP contribution in [0, 0.1) is 25.7 Å². The van der Waals surface area contributed by atoms with Crippen LogP contribution in [0.2, 0.25) is 0 Å². The summed E-state index contributed by atoms with van der Waals surface area (Å²) >= 11 is 3.44. The first-order valence-electron chi connectivity index (χ1n) is 22.0. The van der Waals surface area contributed by atoms with Crippen LogP contribution in [-0.2, 0) is 28.5 Å². The summed E-state index contributed by atoms with van der Waals surface area (Å²) in [6.07, 6.45) is 8.34. The highest BCUT2D eigenvalue weighted by atomic mass is 32.1. The molecule has 7 heterocycles. The molecule has 8 rings (SSSR count). The van der Waals surface area contributed by atoms with E-state index in [2.05, 4.69) is 53.5 Å². The van der Waals surface area contributed by atoms with Gasteiger partial charge >= 0.3 is 12.2 Å². The largest absolute Gasteiger partial charge is 0.453 e. The predicted molar refractivity (Wildman–Crippen MR) is 242 cm³/mol. The third-order valence-corrected chi connectivity index (χ3v) is 15.7. The van der Waals surface area contributed by atoms with Crippen LogP contribution in [-0.4, -0.2) is 120 Å². The molecule has 3 saturated heterocycles. The number of hydrogen-bond donors (Lipinski definition) is 4. The molecule has 18 heteroatoms. The van der Waals surface area contributed by atoms with Crippen molar-refractivity contribution in [3.8, 4) is 21.1 Å². The van der Waals surface area contributed by atoms with Crippen LogP contribution in [0.5, 0.6) is 0 Å². The molecule has 0 spiro atoms. The van der Waals surface area contributed by atoms with Crippen molar-refractivity contribution in [1.29, 1.82) is 0 Å². The van der Waals surface area contributed by atoms with E-state index in [0.717, 1.165) is 46.2 Å². The Labute approximate surface area is 374 Å². The number of ether oxygens (including phenoxy) is 4. The number of nitrogens with one attached hydrogen (secondary N) is 4. The highest BCUT2D eigenvalue weighted by Crippen LogP contribution is 2.45. The van der Waals surface area contributed by atoms with Crippen LogP contribution in [0.25, 0.3) is 41.3 Å². The van der Waals surface area contributed by atoms with E-state index in [-0.39, 0.29) is 35.7 Å². The van der Waals surface area contributed by atoms with Gasteiger partial charge in [0.15, 0.2) is 0 Å². The van der Waals surface area contributed by atoms with E-state index >= 15 is 0 Å². The van der Waals surface area contributed by atoms with Gasteiger partial charge in [0.1, 0.15) is 23.7 Å². The number of methoxy groups -OCH3 is 2. The molecule has 1 aromatic carbocycles. The molecule has 63 heavy (non-hydrogen) atoms. The number of carbonyl (C=O) groups is 4. The summed E-state index contributed by atoms with van der Waals surface area (Å²) in [6.45, 7) is 9.22. The Bertz CT molecular complexity index is 2390. The summed E-state index contributed by atoms with van der Waals surface area (Å²) < 4.78 is 23.3. The van der Waals surface area contributed by atoms with Gasteiger partial charge in [0.05, 0.1) is 59.8 Å². The monoisotopic (exact) mass is 902 g/mol. The Morgan fingerprint density at radius 1 is 0.825 bits per heavy atom. The number of alkyl carbamates (subject to hydrolysis) is 2. The van der Waals surface area contributed by atoms with Crippen molar-refractivity contribution in [3.63, 3.8) is 0 Å². The van der Waals surface area contributed by atoms with Gasteiger partial charge in [-0.05, 0) is 105 Å². The number of imidazole rings is 2. The van der Waals surface area contributed by atoms with Gasteiger partial charge < -0.3 is 49.3 Å². The number of likely N-dealkylation sites (tertiary alicyclic amines) is 1. The molecule has 4 atom stereocenters. The highest BCUT2D eigenvalue weighted by Gasteiger charge is 2.41. The molecule has 0 unspecified atom stereocenters. The summed E-state index contributed by atoms with van der Waals surface area (Å²) in [5.74, 6) is 1.05. The number of nitrogens with zero attached hydrogens (tertiary/aromatic N) is 4. The number of rotatable bonds is 13. The molecule has 0 radical (unpaired) electrons. The van der Waals surface area contributed by atoms with Crippen molar-refractivity contribution in [3.05, 3.63) is 47.3 Å². The molecule has 3 aliphatic heterocycles. The minimum Gasteiger partial charge on any atom is -0.453 e. The number of aryl methyl sites for hydroxylation is 2. The van der Waals surface area contributed by atoms with E-state index in [1.807, 2.05) is 17.3 Å². The zero-order chi connectivity index (χ0) is 44.4. The lowest BCUT2D eigenvalue weighted by molar-refractivity contribution is -0.137. The minimum atomic E-state index is -0.731. The predicted octanol–water partition coefficient (Wildman–Crippen LogP) is 7.78. The third-order valence-electron chi connectivity index (χ3n) is 13.1. The zero-order valence-corrected chi connectivity index (χ0v) is 38.5. The number of H-pyrrole nitrogens is 2. The molecule has 3 fully saturated rings. The van der Waals surface area contributed by atoms with Crippen molar-refractivity contribution in [2.45, 2.75) is 96.3 Å². The van der Waals surface area contributed by atoms with Gasteiger partial charge in [-0.25, -0.2) is 19.6 Å². The molecule has 338 valence electrons. The van der Waals surface area contributed by atoms with Crippen LogP contribution in [0.4, 0.5) is 9.59 Å². The number of aromatic nitrogens is 4. The van der Waals surface area contributed by atoms with Gasteiger partial charge in [0.25, 0.3) is 0 Å². The molecule has 4 N–H and O–H groups in total. The Morgan fingerprint density at radius 2 is 1.37 bits per heavy atom. The molecule has 0 bridgehead atoms. The number of carbonyl (C=O) groups excluding carboxylic acids is 4. The van der Waals surface area contributed by atoms with Crippen LogP contribution in [0.3, 0.4) is 0 Å². The summed E-state index contributed by atoms with van der Waals surface area (Å²) in [5.41, 5.74) is 4.17. The topological polar surface area (TPSA) is 193 Å². The smallest absolute Gasteiger partial charge is 0.407 e. The Morgan fingerprint density at radius 3 is 1.94 bits per heavy atom. The molecule has 3 aliphatic rings. The quantitative estimate of drug-likeness (QED) is 0.0907. The first-order chi connectivity index (χ1) is 30.5. The van der Waals surface area contributed by atoms with Crippen molar-refractivity contribution in [1.82, 2.24) is 40.4 Å². The Kier molecular flexibility index (Phi) is 13.7. The van der Waals surface area contributed by atoms with Crippen LogP contribution in [0.15, 0.2) is 24.5 Å². The number of hydrogen-bond acceptors (Lipinski definition) is 12. The fourth-order valence-electron chi connectivity index (χ4n) is 9.55. The van der Waals surface area contributed by atoms with Crippen LogP contribution >= 0.6 is 22.7 Å². The lowest BCUT2D eigenvalue weighted by atomic mass is 9.90. The molecule has 4 aromatic heterocycles. The molecular formula is C45H58N8O8S2. The van der Waals surface area contributed by atoms with Crippen molar-refractivity contribution in [2.24, 2.45) is 11.8 Å². The second kappa shape index (κ2) is 19.4. The summed E-state index contributed by atoms with van der Waals surface area (Å²) in [4.78, 5) is 75.4. The minimum absolute atomic E-state index is 0.0337. The SMILES string of the molecule is CCC[C@@H](c1ncc(-c2cc3c(C)c4sc(-c5cnc([C@@H]6CCCN6C(=O)[C@@H](NC(=O)OC)C6CCOCC6)[nH]5)cc4c(C)c3s2)[nH]1)N(C)C(=O)[C@@H](NC(=O)OC)C1CCOCC1. The van der Waals surface area contributed by atoms with Gasteiger partial charge in [0, 0.05) is 49.4 Å². The summed E-state index contributed by atoms with van der Waals surface area (Å²) in [7, 11) is 4.40. The maximum absolute atomic E-state index is 14.1. The number of benzene rings is 1. The highest BCUT2D eigenvalue weighted by molar-refractivity contribution is 7.24. The van der Waals surface area contributed by atoms with E-state index in [9.17, 15) is 19.2 Å². The average Bonchev–Trinajstić information content (AvgIpc) is 4.17. The van der Waals surface area contributed by atoms with Crippen LogP contribution in [0.1, 0.15) is 93.1 Å². The first kappa shape index (κ1) is 44.6. The fourth-order valence-corrected chi connectivity index (χ4v) is 11.9. The van der Waals surface area contributed by atoms with E-state index < -0.39 is 24.3 Å². The van der Waals surface area contributed by atoms with Crippen molar-refractivity contribution in [2.75, 3.05) is 54.2 Å². The summed E-state index contributed by atoms with van der Waals surface area (Å²) in [5, 5.41) is 8.01. The van der Waals surface area contributed by atoms with E-state index in [1.165, 1.54) is 45.5 Å². The molecular weight excluding hydrogens is 845 g/mol. The summed E-state index contributed by atoms with van der Waals surface area (Å²) in [6, 6.07) is 2.49. The first-order valence-corrected chi connectivity index (χ1v) is 23.6. The lowest BCUT2D eigenvalue weighted by Gasteiger charge is -2.35. The number of thiophene rings is 2. The van der Waals surface area contributed by atoms with Gasteiger partial charge in [0.2, 0.25) is 11.8 Å². The second-order valence-corrected chi connectivity index (χ2v) is 19.0. The van der Waals surface area contributed by atoms with Gasteiger partial charge in [-0.3, -0.25) is 9.59 Å². The lowest BCUT2D eigenvalue weighted by Crippen LogP contribution is -2.53. The number of fused-ring (bicyclic) bond motifs is 2. The number of amides is 4. The van der Waals surface area contributed by atoms with Gasteiger partial charge in [-0.1, -0.05) is 13.3 Å². The third kappa shape index (κ3) is 9.04. The normalized spacial score (nSPS) is 19.0. The molecule has 16 nitrogen and oxygen atoms in total. The van der Waals surface area contributed by atoms with Crippen molar-refractivity contribution >= 4 is 66.8 Å². The molecule has 4 amide bonds. The van der Waals surface area contributed by atoms with Crippen LogP contribution < -0.4 is 10.6 Å². The molecule has 0 saturated carbocycles. The van der Waals surface area contributed by atoms with E-state index in [4.69, 9.17) is 28.9 Å². The Hall–Kier alpha value is -5.04. The zero-order valence-electron chi connectivity index (χ0n) is 36.8.